The van der Waals surface area contributed by atoms with Crippen molar-refractivity contribution < 1.29 is 23.5 Å². The number of rotatable bonds is 7. The summed E-state index contributed by atoms with van der Waals surface area (Å²) in [5.41, 5.74) is 3.44. The molecule has 0 spiro atoms. The lowest BCUT2D eigenvalue weighted by molar-refractivity contribution is 0.0295. The summed E-state index contributed by atoms with van der Waals surface area (Å²) in [6, 6.07) is 9.49. The van der Waals surface area contributed by atoms with Crippen molar-refractivity contribution in [1.82, 2.24) is 14.7 Å². The number of amides is 2. The molecule has 9 nitrogen and oxygen atoms in total. The molecular formula is C25H28N4O5. The Labute approximate surface area is 197 Å². The molecule has 3 heterocycles. The highest BCUT2D eigenvalue weighted by molar-refractivity contribution is 6.07. The van der Waals surface area contributed by atoms with E-state index in [1.807, 2.05) is 13.0 Å². The Hall–Kier alpha value is -3.59. The largest absolute Gasteiger partial charge is 0.486 e. The zero-order chi connectivity index (χ0) is 23.5. The Kier molecular flexibility index (Phi) is 6.35. The van der Waals surface area contributed by atoms with Crippen LogP contribution in [0.2, 0.25) is 0 Å². The highest BCUT2D eigenvalue weighted by Gasteiger charge is 2.26. The van der Waals surface area contributed by atoms with Crippen molar-refractivity contribution in [3.05, 3.63) is 64.9 Å². The zero-order valence-electron chi connectivity index (χ0n) is 19.2. The Morgan fingerprint density at radius 2 is 1.94 bits per heavy atom. The highest BCUT2D eigenvalue weighted by atomic mass is 16.5. The van der Waals surface area contributed by atoms with Crippen LogP contribution in [0.3, 0.4) is 0 Å². The molecule has 0 atom stereocenters. The third-order valence-corrected chi connectivity index (χ3v) is 6.22. The molecule has 0 radical (unpaired) electrons. The third kappa shape index (κ3) is 4.56. The normalized spacial score (nSPS) is 15.3. The average Bonchev–Trinajstić information content (AvgIpc) is 3.62. The van der Waals surface area contributed by atoms with Gasteiger partial charge in [-0.3, -0.25) is 14.3 Å². The van der Waals surface area contributed by atoms with Crippen LogP contribution in [-0.2, 0) is 30.7 Å². The number of benzene rings is 1. The van der Waals surface area contributed by atoms with E-state index >= 15 is 0 Å². The van der Waals surface area contributed by atoms with Gasteiger partial charge in [-0.05, 0) is 61.6 Å². The van der Waals surface area contributed by atoms with E-state index in [1.165, 1.54) is 23.7 Å². The molecule has 5 rings (SSSR count). The van der Waals surface area contributed by atoms with Gasteiger partial charge in [0.15, 0.2) is 5.76 Å². The number of carbonyl (C=O) groups excluding carboxylic acids is 2. The molecule has 1 fully saturated rings. The average molecular weight is 465 g/mol. The predicted octanol–water partition coefficient (Wildman–Crippen LogP) is 3.29. The van der Waals surface area contributed by atoms with E-state index in [-0.39, 0.29) is 18.3 Å². The van der Waals surface area contributed by atoms with Gasteiger partial charge in [-0.25, -0.2) is 0 Å². The molecule has 1 aliphatic heterocycles. The SMILES string of the molecule is CCn1ncc(NC(=O)c2ccc(COc3ccc4c(c3)CCC4)o2)c1C(=O)N1CCOCC1. The second kappa shape index (κ2) is 9.72. The lowest BCUT2D eigenvalue weighted by Crippen LogP contribution is -2.41. The lowest BCUT2D eigenvalue weighted by Gasteiger charge is -2.27. The van der Waals surface area contributed by atoms with Gasteiger partial charge in [-0.1, -0.05) is 6.07 Å². The molecule has 1 aromatic carbocycles. The van der Waals surface area contributed by atoms with Gasteiger partial charge in [0.2, 0.25) is 0 Å². The summed E-state index contributed by atoms with van der Waals surface area (Å²) in [5, 5.41) is 7.04. The van der Waals surface area contributed by atoms with E-state index in [2.05, 4.69) is 22.5 Å². The topological polar surface area (TPSA) is 98.8 Å². The van der Waals surface area contributed by atoms with Crippen molar-refractivity contribution in [2.24, 2.45) is 0 Å². The monoisotopic (exact) mass is 464 g/mol. The number of hydrogen-bond acceptors (Lipinski definition) is 6. The number of ether oxygens (including phenoxy) is 2. The molecule has 0 saturated carbocycles. The molecule has 0 unspecified atom stereocenters. The zero-order valence-corrected chi connectivity index (χ0v) is 19.2. The number of aryl methyl sites for hydroxylation is 3. The fourth-order valence-corrected chi connectivity index (χ4v) is 4.41. The first-order valence-corrected chi connectivity index (χ1v) is 11.7. The van der Waals surface area contributed by atoms with E-state index in [0.29, 0.717) is 50.0 Å². The number of furan rings is 1. The summed E-state index contributed by atoms with van der Waals surface area (Å²) in [6.07, 6.45) is 4.90. The lowest BCUT2D eigenvalue weighted by atomic mass is 10.1. The first kappa shape index (κ1) is 22.2. The molecule has 2 aromatic heterocycles. The maximum atomic E-state index is 13.1. The van der Waals surface area contributed by atoms with E-state index < -0.39 is 5.91 Å². The van der Waals surface area contributed by atoms with Gasteiger partial charge >= 0.3 is 0 Å². The third-order valence-electron chi connectivity index (χ3n) is 6.22. The standard InChI is InChI=1S/C25H28N4O5/c1-2-29-23(25(31)28-10-12-32-13-11-28)21(15-26-29)27-24(30)22-9-8-20(34-22)16-33-19-7-6-17-4-3-5-18(17)14-19/h6-9,14-15H,2-5,10-13,16H2,1H3,(H,27,30). The molecule has 3 aromatic rings. The number of carbonyl (C=O) groups is 2. The number of nitrogens with zero attached hydrogens (tertiary/aromatic N) is 3. The maximum absolute atomic E-state index is 13.1. The van der Waals surface area contributed by atoms with Gasteiger partial charge in [-0.15, -0.1) is 0 Å². The maximum Gasteiger partial charge on any atom is 0.291 e. The number of morpholine rings is 1. The minimum atomic E-state index is -0.449. The van der Waals surface area contributed by atoms with Crippen LogP contribution in [0, 0.1) is 0 Å². The van der Waals surface area contributed by atoms with Gasteiger partial charge in [0, 0.05) is 19.6 Å². The molecule has 1 aliphatic carbocycles. The second-order valence-corrected chi connectivity index (χ2v) is 8.42. The molecule has 1 N–H and O–H groups in total. The Morgan fingerprint density at radius 3 is 2.76 bits per heavy atom. The summed E-state index contributed by atoms with van der Waals surface area (Å²) >= 11 is 0. The fourth-order valence-electron chi connectivity index (χ4n) is 4.41. The highest BCUT2D eigenvalue weighted by Crippen LogP contribution is 2.27. The number of fused-ring (bicyclic) bond motifs is 1. The second-order valence-electron chi connectivity index (χ2n) is 8.42. The quantitative estimate of drug-likeness (QED) is 0.576. The smallest absolute Gasteiger partial charge is 0.291 e. The molecule has 0 bridgehead atoms. The fraction of sp³-hybridized carbons (Fsp3) is 0.400. The molecule has 34 heavy (non-hydrogen) atoms. The summed E-state index contributed by atoms with van der Waals surface area (Å²) < 4.78 is 18.5. The minimum Gasteiger partial charge on any atom is -0.486 e. The van der Waals surface area contributed by atoms with Crippen LogP contribution in [0.4, 0.5) is 5.69 Å². The van der Waals surface area contributed by atoms with E-state index in [1.54, 1.807) is 21.7 Å². The van der Waals surface area contributed by atoms with E-state index in [4.69, 9.17) is 13.9 Å². The number of aromatic nitrogens is 2. The molecule has 1 saturated heterocycles. The summed E-state index contributed by atoms with van der Waals surface area (Å²) in [6.45, 7) is 4.63. The molecule has 178 valence electrons. The molecule has 9 heteroatoms. The van der Waals surface area contributed by atoms with Crippen molar-refractivity contribution in [1.29, 1.82) is 0 Å². The minimum absolute atomic E-state index is 0.140. The van der Waals surface area contributed by atoms with Crippen molar-refractivity contribution >= 4 is 17.5 Å². The van der Waals surface area contributed by atoms with E-state index in [9.17, 15) is 9.59 Å². The Bertz CT molecular complexity index is 1190. The van der Waals surface area contributed by atoms with Gasteiger partial charge in [0.25, 0.3) is 11.8 Å². The Morgan fingerprint density at radius 1 is 1.12 bits per heavy atom. The van der Waals surface area contributed by atoms with Gasteiger partial charge in [0.1, 0.15) is 23.8 Å². The summed E-state index contributed by atoms with van der Waals surface area (Å²) in [7, 11) is 0. The van der Waals surface area contributed by atoms with Crippen molar-refractivity contribution in [3.8, 4) is 5.75 Å². The number of anilines is 1. The van der Waals surface area contributed by atoms with Crippen LogP contribution in [0.25, 0.3) is 0 Å². The van der Waals surface area contributed by atoms with Crippen LogP contribution < -0.4 is 10.1 Å². The summed E-state index contributed by atoms with van der Waals surface area (Å²) in [4.78, 5) is 27.7. The molecule has 2 aliphatic rings. The molecular weight excluding hydrogens is 436 g/mol. The van der Waals surface area contributed by atoms with Crippen LogP contribution in [0.15, 0.2) is 40.9 Å². The van der Waals surface area contributed by atoms with Gasteiger partial charge in [0.05, 0.1) is 25.1 Å². The van der Waals surface area contributed by atoms with Gasteiger partial charge < -0.3 is 24.1 Å². The Balaban J connectivity index is 1.24. The summed E-state index contributed by atoms with van der Waals surface area (Å²) in [5.74, 6) is 0.846. The van der Waals surface area contributed by atoms with Crippen molar-refractivity contribution in [3.63, 3.8) is 0 Å². The van der Waals surface area contributed by atoms with Crippen molar-refractivity contribution in [2.45, 2.75) is 39.3 Å². The molecule has 2 amide bonds. The number of hydrogen-bond donors (Lipinski definition) is 1. The van der Waals surface area contributed by atoms with Gasteiger partial charge in [-0.2, -0.15) is 5.10 Å². The first-order chi connectivity index (χ1) is 16.6. The van der Waals surface area contributed by atoms with Crippen LogP contribution >= 0.6 is 0 Å². The van der Waals surface area contributed by atoms with Crippen LogP contribution in [0.5, 0.6) is 5.75 Å². The number of nitrogens with one attached hydrogen (secondary N) is 1. The van der Waals surface area contributed by atoms with Crippen LogP contribution in [0.1, 0.15) is 51.3 Å². The van der Waals surface area contributed by atoms with Crippen LogP contribution in [-0.4, -0.2) is 52.8 Å². The first-order valence-electron chi connectivity index (χ1n) is 11.7. The van der Waals surface area contributed by atoms with Crippen molar-refractivity contribution in [2.75, 3.05) is 31.6 Å². The predicted molar refractivity (Wildman–Crippen MR) is 124 cm³/mol. The van der Waals surface area contributed by atoms with E-state index in [0.717, 1.165) is 18.6 Å².